The Labute approximate surface area is 84.1 Å². The zero-order valence-corrected chi connectivity index (χ0v) is 8.30. The highest BCUT2D eigenvalue weighted by Gasteiger charge is 2.20. The number of piperidine rings is 1. The predicted octanol–water partition coefficient (Wildman–Crippen LogP) is 2.72. The maximum atomic E-state index is 6.12. The Morgan fingerprint density at radius 1 is 1.23 bits per heavy atom. The molecule has 1 nitrogen and oxygen atoms in total. The van der Waals surface area contributed by atoms with E-state index in [1.807, 2.05) is 6.07 Å². The maximum Gasteiger partial charge on any atom is 0.0366 e. The van der Waals surface area contributed by atoms with Crippen LogP contribution in [0.5, 0.6) is 0 Å². The SMILES string of the molecule is ClC1CCNC(c2ccccc2)C1. The van der Waals surface area contributed by atoms with E-state index in [1.54, 1.807) is 0 Å². The van der Waals surface area contributed by atoms with Gasteiger partial charge < -0.3 is 5.32 Å². The molecule has 0 bridgehead atoms. The molecular formula is C11H14ClN. The molecule has 1 aliphatic rings. The zero-order chi connectivity index (χ0) is 9.10. The first-order valence-electron chi connectivity index (χ1n) is 4.78. The van der Waals surface area contributed by atoms with Crippen molar-refractivity contribution >= 4 is 11.6 Å². The largest absolute Gasteiger partial charge is 0.310 e. The Morgan fingerprint density at radius 2 is 2.00 bits per heavy atom. The summed E-state index contributed by atoms with van der Waals surface area (Å²) < 4.78 is 0. The molecule has 0 amide bonds. The number of hydrogen-bond donors (Lipinski definition) is 1. The van der Waals surface area contributed by atoms with Crippen LogP contribution in [0.1, 0.15) is 24.4 Å². The van der Waals surface area contributed by atoms with Gasteiger partial charge in [0.1, 0.15) is 0 Å². The highest BCUT2D eigenvalue weighted by atomic mass is 35.5. The number of hydrogen-bond acceptors (Lipinski definition) is 1. The third kappa shape index (κ3) is 2.23. The molecular weight excluding hydrogens is 182 g/mol. The van der Waals surface area contributed by atoms with Crippen molar-refractivity contribution in [2.45, 2.75) is 24.3 Å². The molecule has 0 spiro atoms. The molecule has 1 heterocycles. The fraction of sp³-hybridized carbons (Fsp3) is 0.455. The first-order chi connectivity index (χ1) is 6.36. The summed E-state index contributed by atoms with van der Waals surface area (Å²) in [4.78, 5) is 0. The lowest BCUT2D eigenvalue weighted by Crippen LogP contribution is -2.32. The van der Waals surface area contributed by atoms with Crippen LogP contribution < -0.4 is 5.32 Å². The Balaban J connectivity index is 2.08. The molecule has 0 radical (unpaired) electrons. The van der Waals surface area contributed by atoms with Crippen LogP contribution in [0.2, 0.25) is 0 Å². The lowest BCUT2D eigenvalue weighted by Gasteiger charge is -2.27. The molecule has 1 N–H and O–H groups in total. The summed E-state index contributed by atoms with van der Waals surface area (Å²) in [6.07, 6.45) is 2.14. The molecule has 2 rings (SSSR count). The van der Waals surface area contributed by atoms with Gasteiger partial charge in [-0.1, -0.05) is 30.3 Å². The van der Waals surface area contributed by atoms with Crippen molar-refractivity contribution in [2.24, 2.45) is 0 Å². The minimum Gasteiger partial charge on any atom is -0.310 e. The summed E-state index contributed by atoms with van der Waals surface area (Å²) in [7, 11) is 0. The molecule has 0 aliphatic carbocycles. The van der Waals surface area contributed by atoms with Gasteiger partial charge in [-0.2, -0.15) is 0 Å². The van der Waals surface area contributed by atoms with Crippen molar-refractivity contribution in [1.29, 1.82) is 0 Å². The summed E-state index contributed by atoms with van der Waals surface area (Å²) in [6.45, 7) is 1.04. The highest BCUT2D eigenvalue weighted by molar-refractivity contribution is 6.20. The van der Waals surface area contributed by atoms with Crippen molar-refractivity contribution in [3.63, 3.8) is 0 Å². The smallest absolute Gasteiger partial charge is 0.0366 e. The van der Waals surface area contributed by atoms with Crippen molar-refractivity contribution in [1.82, 2.24) is 5.32 Å². The van der Waals surface area contributed by atoms with E-state index in [-0.39, 0.29) is 0 Å². The molecule has 2 atom stereocenters. The summed E-state index contributed by atoms with van der Waals surface area (Å²) in [5.74, 6) is 0. The van der Waals surface area contributed by atoms with E-state index in [0.29, 0.717) is 11.4 Å². The van der Waals surface area contributed by atoms with Crippen LogP contribution in [0.15, 0.2) is 30.3 Å². The van der Waals surface area contributed by atoms with Crippen molar-refractivity contribution in [3.05, 3.63) is 35.9 Å². The molecule has 70 valence electrons. The Morgan fingerprint density at radius 3 is 2.69 bits per heavy atom. The quantitative estimate of drug-likeness (QED) is 0.680. The van der Waals surface area contributed by atoms with Crippen molar-refractivity contribution in [2.75, 3.05) is 6.54 Å². The number of rotatable bonds is 1. The van der Waals surface area contributed by atoms with Crippen molar-refractivity contribution < 1.29 is 0 Å². The second-order valence-corrected chi connectivity index (χ2v) is 4.16. The first-order valence-corrected chi connectivity index (χ1v) is 5.22. The summed E-state index contributed by atoms with van der Waals surface area (Å²) in [6, 6.07) is 11.0. The molecule has 1 aromatic carbocycles. The Kier molecular flexibility index (Phi) is 2.87. The van der Waals surface area contributed by atoms with Crippen LogP contribution in [-0.4, -0.2) is 11.9 Å². The third-order valence-electron chi connectivity index (χ3n) is 2.54. The summed E-state index contributed by atoms with van der Waals surface area (Å²) in [5.41, 5.74) is 1.35. The Hall–Kier alpha value is -0.530. The molecule has 2 unspecified atom stereocenters. The summed E-state index contributed by atoms with van der Waals surface area (Å²) in [5, 5.41) is 3.82. The van der Waals surface area contributed by atoms with Crippen LogP contribution >= 0.6 is 11.6 Å². The van der Waals surface area contributed by atoms with Crippen LogP contribution in [0, 0.1) is 0 Å². The van der Waals surface area contributed by atoms with Crippen LogP contribution in [0.25, 0.3) is 0 Å². The topological polar surface area (TPSA) is 12.0 Å². The second kappa shape index (κ2) is 4.12. The van der Waals surface area contributed by atoms with Gasteiger partial charge in [-0.25, -0.2) is 0 Å². The van der Waals surface area contributed by atoms with Crippen LogP contribution in [0.3, 0.4) is 0 Å². The van der Waals surface area contributed by atoms with E-state index in [4.69, 9.17) is 11.6 Å². The molecule has 13 heavy (non-hydrogen) atoms. The standard InChI is InChI=1S/C11H14ClN/c12-10-6-7-13-11(8-10)9-4-2-1-3-5-9/h1-5,10-11,13H,6-8H2. The van der Waals surface area contributed by atoms with E-state index in [0.717, 1.165) is 19.4 Å². The molecule has 1 aliphatic heterocycles. The normalized spacial score (nSPS) is 28.7. The van der Waals surface area contributed by atoms with Crippen molar-refractivity contribution in [3.8, 4) is 0 Å². The van der Waals surface area contributed by atoms with Crippen LogP contribution in [0.4, 0.5) is 0 Å². The van der Waals surface area contributed by atoms with E-state index in [1.165, 1.54) is 5.56 Å². The third-order valence-corrected chi connectivity index (χ3v) is 2.94. The van der Waals surface area contributed by atoms with E-state index >= 15 is 0 Å². The van der Waals surface area contributed by atoms with Gasteiger partial charge in [-0.15, -0.1) is 11.6 Å². The second-order valence-electron chi connectivity index (χ2n) is 3.54. The average Bonchev–Trinajstić information content (AvgIpc) is 2.19. The molecule has 1 fully saturated rings. The Bertz CT molecular complexity index is 260. The molecule has 0 saturated carbocycles. The van der Waals surface area contributed by atoms with Gasteiger partial charge in [0.2, 0.25) is 0 Å². The molecule has 0 aromatic heterocycles. The average molecular weight is 196 g/mol. The van der Waals surface area contributed by atoms with Gasteiger partial charge in [-0.05, 0) is 24.9 Å². The fourth-order valence-electron chi connectivity index (χ4n) is 1.81. The minimum absolute atomic E-state index is 0.339. The van der Waals surface area contributed by atoms with E-state index in [9.17, 15) is 0 Å². The lowest BCUT2D eigenvalue weighted by molar-refractivity contribution is 0.417. The number of alkyl halides is 1. The number of nitrogens with one attached hydrogen (secondary N) is 1. The first kappa shape index (κ1) is 9.04. The van der Waals surface area contributed by atoms with Gasteiger partial charge in [0.25, 0.3) is 0 Å². The summed E-state index contributed by atoms with van der Waals surface area (Å²) >= 11 is 6.12. The zero-order valence-electron chi connectivity index (χ0n) is 7.54. The van der Waals surface area contributed by atoms with E-state index < -0.39 is 0 Å². The van der Waals surface area contributed by atoms with Crippen LogP contribution in [-0.2, 0) is 0 Å². The number of halogens is 1. The monoisotopic (exact) mass is 195 g/mol. The maximum absolute atomic E-state index is 6.12. The van der Waals surface area contributed by atoms with E-state index in [2.05, 4.69) is 29.6 Å². The molecule has 2 heteroatoms. The van der Waals surface area contributed by atoms with Gasteiger partial charge in [-0.3, -0.25) is 0 Å². The van der Waals surface area contributed by atoms with Gasteiger partial charge in [0, 0.05) is 11.4 Å². The van der Waals surface area contributed by atoms with Gasteiger partial charge in [0.05, 0.1) is 0 Å². The predicted molar refractivity (Wildman–Crippen MR) is 56.1 cm³/mol. The fourth-order valence-corrected chi connectivity index (χ4v) is 2.10. The molecule has 1 saturated heterocycles. The molecule has 1 aromatic rings. The van der Waals surface area contributed by atoms with Gasteiger partial charge >= 0.3 is 0 Å². The van der Waals surface area contributed by atoms with Gasteiger partial charge in [0.15, 0.2) is 0 Å². The lowest BCUT2D eigenvalue weighted by atomic mass is 9.97. The minimum atomic E-state index is 0.339. The number of benzene rings is 1. The highest BCUT2D eigenvalue weighted by Crippen LogP contribution is 2.25.